The van der Waals surface area contributed by atoms with Gasteiger partial charge in [-0.1, -0.05) is 0 Å². The number of benzene rings is 1. The summed E-state index contributed by atoms with van der Waals surface area (Å²) in [5, 5.41) is 0. The number of halogens is 3. The average molecular weight is 417 g/mol. The van der Waals surface area contributed by atoms with E-state index in [4.69, 9.17) is 9.47 Å². The van der Waals surface area contributed by atoms with Crippen molar-refractivity contribution in [3.05, 3.63) is 59.7 Å². The van der Waals surface area contributed by atoms with Crippen molar-refractivity contribution < 1.29 is 22.6 Å². The maximum absolute atomic E-state index is 13.3. The molecule has 1 unspecified atom stereocenters. The molecule has 0 fully saturated rings. The molecule has 30 heavy (non-hydrogen) atoms. The molecule has 156 valence electrons. The van der Waals surface area contributed by atoms with Gasteiger partial charge in [-0.2, -0.15) is 13.2 Å². The Morgan fingerprint density at radius 2 is 1.80 bits per heavy atom. The van der Waals surface area contributed by atoms with Crippen molar-refractivity contribution in [3.63, 3.8) is 0 Å². The average Bonchev–Trinajstić information content (AvgIpc) is 2.77. The minimum absolute atomic E-state index is 0.119. The lowest BCUT2D eigenvalue weighted by Gasteiger charge is -2.37. The highest BCUT2D eigenvalue weighted by molar-refractivity contribution is 5.57. The maximum atomic E-state index is 13.3. The van der Waals surface area contributed by atoms with Gasteiger partial charge in [0.05, 0.1) is 18.4 Å². The van der Waals surface area contributed by atoms with Crippen molar-refractivity contribution in [2.75, 3.05) is 25.7 Å². The van der Waals surface area contributed by atoms with E-state index >= 15 is 0 Å². The van der Waals surface area contributed by atoms with Gasteiger partial charge in [0.1, 0.15) is 5.75 Å². The van der Waals surface area contributed by atoms with Gasteiger partial charge >= 0.3 is 6.18 Å². The quantitative estimate of drug-likeness (QED) is 0.641. The van der Waals surface area contributed by atoms with E-state index in [0.717, 1.165) is 17.8 Å². The molecule has 0 spiro atoms. The van der Waals surface area contributed by atoms with Crippen molar-refractivity contribution in [1.29, 1.82) is 0 Å². The Bertz CT molecular complexity index is 1050. The van der Waals surface area contributed by atoms with Crippen LogP contribution in [0.3, 0.4) is 0 Å². The van der Waals surface area contributed by atoms with Gasteiger partial charge < -0.3 is 14.4 Å². The number of rotatable bonds is 4. The third kappa shape index (κ3) is 3.78. The first-order valence-electron chi connectivity index (χ1n) is 9.09. The first kappa shape index (κ1) is 20.0. The van der Waals surface area contributed by atoms with E-state index in [0.29, 0.717) is 35.9 Å². The topological polar surface area (TPSA) is 73.3 Å². The van der Waals surface area contributed by atoms with Crippen LogP contribution in [0.2, 0.25) is 0 Å². The molecule has 1 aliphatic heterocycles. The molecule has 0 saturated heterocycles. The molecular formula is C20H18F3N5O2. The van der Waals surface area contributed by atoms with Crippen LogP contribution < -0.4 is 9.64 Å². The third-order valence-electron chi connectivity index (χ3n) is 4.81. The van der Waals surface area contributed by atoms with Crippen LogP contribution in [0.5, 0.6) is 5.75 Å². The van der Waals surface area contributed by atoms with Gasteiger partial charge in [-0.25, -0.2) is 19.9 Å². The van der Waals surface area contributed by atoms with Crippen molar-refractivity contribution >= 4 is 5.69 Å². The van der Waals surface area contributed by atoms with Gasteiger partial charge in [0.2, 0.25) is 0 Å². The summed E-state index contributed by atoms with van der Waals surface area (Å²) in [6.07, 6.45) is 0.174. The Morgan fingerprint density at radius 3 is 2.47 bits per heavy atom. The number of alkyl halides is 3. The lowest BCUT2D eigenvalue weighted by Crippen LogP contribution is -2.37. The van der Waals surface area contributed by atoms with Gasteiger partial charge in [0.25, 0.3) is 0 Å². The Hall–Kier alpha value is -3.27. The molecule has 1 aliphatic rings. The number of methoxy groups -OCH3 is 2. The van der Waals surface area contributed by atoms with Gasteiger partial charge in [-0.15, -0.1) is 0 Å². The standard InChI is InChI=1S/C20H18F3N5O2/c1-29-14-9-12(20(21,22)23)8-13(10-14)28-7-4-16-15(19(28)30-2)11-26-18(27-16)17-24-5-3-6-25-17/h3,5-6,8-11,19H,4,7H2,1-2H3. The number of anilines is 1. The fourth-order valence-corrected chi connectivity index (χ4v) is 3.42. The first-order chi connectivity index (χ1) is 14.4. The van der Waals surface area contributed by atoms with Crippen molar-refractivity contribution in [3.8, 4) is 17.4 Å². The van der Waals surface area contributed by atoms with Crippen molar-refractivity contribution in [2.45, 2.75) is 18.8 Å². The van der Waals surface area contributed by atoms with E-state index in [1.165, 1.54) is 14.2 Å². The van der Waals surface area contributed by atoms with Crippen LogP contribution in [0.15, 0.2) is 42.9 Å². The molecule has 0 saturated carbocycles. The van der Waals surface area contributed by atoms with Crippen molar-refractivity contribution in [1.82, 2.24) is 19.9 Å². The second kappa shape index (κ2) is 7.86. The Kier molecular flexibility index (Phi) is 5.25. The largest absolute Gasteiger partial charge is 0.497 e. The number of hydrogen-bond donors (Lipinski definition) is 0. The number of nitrogens with zero attached hydrogens (tertiary/aromatic N) is 5. The molecule has 0 bridgehead atoms. The Morgan fingerprint density at radius 1 is 1.03 bits per heavy atom. The normalized spacial score (nSPS) is 16.3. The van der Waals surface area contributed by atoms with E-state index < -0.39 is 18.0 Å². The molecule has 2 aromatic heterocycles. The summed E-state index contributed by atoms with van der Waals surface area (Å²) in [6, 6.07) is 5.31. The molecule has 1 atom stereocenters. The smallest absolute Gasteiger partial charge is 0.416 e. The number of ether oxygens (including phenoxy) is 2. The second-order valence-electron chi connectivity index (χ2n) is 6.62. The molecule has 0 amide bonds. The minimum atomic E-state index is -4.49. The van der Waals surface area contributed by atoms with Crippen LogP contribution in [0.4, 0.5) is 18.9 Å². The second-order valence-corrected chi connectivity index (χ2v) is 6.62. The zero-order chi connectivity index (χ0) is 21.3. The summed E-state index contributed by atoms with van der Waals surface area (Å²) in [5.74, 6) is 0.908. The SMILES string of the molecule is COc1cc(N2CCc3nc(-c4ncccn4)ncc3C2OC)cc(C(F)(F)F)c1. The van der Waals surface area contributed by atoms with Crippen LogP contribution in [0.25, 0.3) is 11.6 Å². The lowest BCUT2D eigenvalue weighted by molar-refractivity contribution is -0.137. The number of aromatic nitrogens is 4. The number of fused-ring (bicyclic) bond motifs is 1. The highest BCUT2D eigenvalue weighted by Gasteiger charge is 2.34. The van der Waals surface area contributed by atoms with Crippen LogP contribution >= 0.6 is 0 Å². The van der Waals surface area contributed by atoms with E-state index in [2.05, 4.69) is 19.9 Å². The monoisotopic (exact) mass is 417 g/mol. The van der Waals surface area contributed by atoms with Gasteiger partial charge in [0, 0.05) is 56.0 Å². The zero-order valence-electron chi connectivity index (χ0n) is 16.2. The molecule has 0 N–H and O–H groups in total. The Balaban J connectivity index is 1.72. The zero-order valence-corrected chi connectivity index (χ0v) is 16.2. The summed E-state index contributed by atoms with van der Waals surface area (Å²) in [6.45, 7) is 0.405. The van der Waals surface area contributed by atoms with E-state index in [-0.39, 0.29) is 5.75 Å². The third-order valence-corrected chi connectivity index (χ3v) is 4.81. The molecule has 10 heteroatoms. The highest BCUT2D eigenvalue weighted by Crippen LogP contribution is 2.39. The highest BCUT2D eigenvalue weighted by atomic mass is 19.4. The molecular weight excluding hydrogens is 399 g/mol. The predicted octanol–water partition coefficient (Wildman–Crippen LogP) is 3.67. The minimum Gasteiger partial charge on any atom is -0.497 e. The van der Waals surface area contributed by atoms with Crippen LogP contribution in [0.1, 0.15) is 23.0 Å². The summed E-state index contributed by atoms with van der Waals surface area (Å²) in [7, 11) is 2.82. The number of hydrogen-bond acceptors (Lipinski definition) is 7. The molecule has 3 aromatic rings. The van der Waals surface area contributed by atoms with Crippen molar-refractivity contribution in [2.24, 2.45) is 0 Å². The molecule has 0 radical (unpaired) electrons. The fourth-order valence-electron chi connectivity index (χ4n) is 3.42. The van der Waals surface area contributed by atoms with Gasteiger partial charge in [-0.3, -0.25) is 0 Å². The predicted molar refractivity (Wildman–Crippen MR) is 102 cm³/mol. The van der Waals surface area contributed by atoms with E-state index in [9.17, 15) is 13.2 Å². The summed E-state index contributed by atoms with van der Waals surface area (Å²) in [4.78, 5) is 18.9. The fraction of sp³-hybridized carbons (Fsp3) is 0.300. The van der Waals surface area contributed by atoms with Crippen LogP contribution in [-0.2, 0) is 17.3 Å². The van der Waals surface area contributed by atoms with E-state index in [1.807, 2.05) is 0 Å². The summed E-state index contributed by atoms with van der Waals surface area (Å²) < 4.78 is 50.7. The van der Waals surface area contributed by atoms with Gasteiger partial charge in [0.15, 0.2) is 17.9 Å². The maximum Gasteiger partial charge on any atom is 0.416 e. The van der Waals surface area contributed by atoms with Crippen LogP contribution in [0, 0.1) is 0 Å². The van der Waals surface area contributed by atoms with Crippen LogP contribution in [-0.4, -0.2) is 40.7 Å². The Labute approximate surface area is 170 Å². The lowest BCUT2D eigenvalue weighted by atomic mass is 10.0. The summed E-state index contributed by atoms with van der Waals surface area (Å²) in [5.41, 5.74) is 0.981. The van der Waals surface area contributed by atoms with E-state index in [1.54, 1.807) is 35.6 Å². The molecule has 3 heterocycles. The van der Waals surface area contributed by atoms with Gasteiger partial charge in [-0.05, 0) is 18.2 Å². The molecule has 1 aromatic carbocycles. The first-order valence-corrected chi connectivity index (χ1v) is 9.09. The summed E-state index contributed by atoms with van der Waals surface area (Å²) >= 11 is 0. The molecule has 0 aliphatic carbocycles. The molecule has 7 nitrogen and oxygen atoms in total. The molecule has 4 rings (SSSR count).